The second-order valence-electron chi connectivity index (χ2n) is 7.52. The van der Waals surface area contributed by atoms with Crippen molar-refractivity contribution < 1.29 is 14.3 Å². The van der Waals surface area contributed by atoms with Crippen molar-refractivity contribution in [1.29, 1.82) is 0 Å². The highest BCUT2D eigenvalue weighted by molar-refractivity contribution is 7.25. The molecule has 0 bridgehead atoms. The van der Waals surface area contributed by atoms with Crippen molar-refractivity contribution >= 4 is 43.4 Å². The Labute approximate surface area is 198 Å². The van der Waals surface area contributed by atoms with E-state index in [9.17, 15) is 9.59 Å². The number of ether oxygens (including phenoxy) is 2. The Bertz CT molecular complexity index is 1560. The number of carbonyl (C=O) groups is 1. The van der Waals surface area contributed by atoms with Gasteiger partial charge in [-0.05, 0) is 12.1 Å². The van der Waals surface area contributed by atoms with E-state index in [1.807, 2.05) is 42.5 Å². The maximum Gasteiger partial charge on any atom is 0.271 e. The van der Waals surface area contributed by atoms with Crippen LogP contribution in [-0.4, -0.2) is 34.7 Å². The van der Waals surface area contributed by atoms with E-state index in [1.54, 1.807) is 18.2 Å². The topological polar surface area (TPSA) is 95.3 Å². The Balaban J connectivity index is 1.44. The summed E-state index contributed by atoms with van der Waals surface area (Å²) >= 11 is 1.28. The summed E-state index contributed by atoms with van der Waals surface area (Å²) < 4.78 is 12.2. The molecule has 5 aromatic rings. The first kappa shape index (κ1) is 21.6. The molecule has 0 aliphatic rings. The van der Waals surface area contributed by atoms with Gasteiger partial charge in [-0.15, -0.1) is 11.3 Å². The van der Waals surface area contributed by atoms with E-state index in [0.717, 1.165) is 21.5 Å². The minimum atomic E-state index is -0.371. The van der Waals surface area contributed by atoms with Crippen LogP contribution in [0, 0.1) is 0 Å². The fourth-order valence-corrected chi connectivity index (χ4v) is 4.74. The molecule has 0 spiro atoms. The maximum absolute atomic E-state index is 13.1. The number of aromatic nitrogens is 3. The molecule has 170 valence electrons. The minimum Gasteiger partial charge on any atom is -0.497 e. The van der Waals surface area contributed by atoms with Crippen molar-refractivity contribution in [2.75, 3.05) is 19.5 Å². The molecule has 1 N–H and O–H groups in total. The minimum absolute atomic E-state index is 0.182. The van der Waals surface area contributed by atoms with Gasteiger partial charge in [0.05, 0.1) is 31.8 Å². The molecule has 3 aromatic heterocycles. The van der Waals surface area contributed by atoms with Gasteiger partial charge < -0.3 is 14.8 Å². The van der Waals surface area contributed by atoms with Crippen LogP contribution in [0.15, 0.2) is 71.8 Å². The summed E-state index contributed by atoms with van der Waals surface area (Å²) in [6, 6.07) is 18.8. The molecule has 0 aliphatic heterocycles. The first-order valence-corrected chi connectivity index (χ1v) is 11.2. The van der Waals surface area contributed by atoms with Crippen molar-refractivity contribution in [2.24, 2.45) is 0 Å². The van der Waals surface area contributed by atoms with E-state index in [1.165, 1.54) is 36.5 Å². The van der Waals surface area contributed by atoms with Crippen LogP contribution < -0.4 is 20.3 Å². The molecule has 0 saturated heterocycles. The van der Waals surface area contributed by atoms with Crippen LogP contribution in [-0.2, 0) is 11.3 Å². The smallest absolute Gasteiger partial charge is 0.271 e. The highest BCUT2D eigenvalue weighted by atomic mass is 32.1. The van der Waals surface area contributed by atoms with Crippen LogP contribution >= 0.6 is 11.3 Å². The molecular weight excluding hydrogens is 452 g/mol. The number of fused-ring (bicyclic) bond motifs is 3. The average molecular weight is 473 g/mol. The van der Waals surface area contributed by atoms with E-state index in [2.05, 4.69) is 10.3 Å². The molecule has 0 unspecified atom stereocenters. The zero-order valence-corrected chi connectivity index (χ0v) is 19.3. The van der Waals surface area contributed by atoms with Gasteiger partial charge in [0.25, 0.3) is 5.56 Å². The second-order valence-corrected chi connectivity index (χ2v) is 8.52. The Hall–Kier alpha value is -4.24. The standard InChI is InChI=1S/C25H20N4O4S/c1-32-17-10-16(11-18(12-17)33-2)27-21(30)13-29-14-26-22-19-8-9-20(15-6-4-3-5-7-15)28-24(19)34-23(22)25(29)31/h3-12,14H,13H2,1-2H3,(H,27,30). The first-order chi connectivity index (χ1) is 16.6. The first-order valence-electron chi connectivity index (χ1n) is 10.4. The summed E-state index contributed by atoms with van der Waals surface area (Å²) in [5, 5.41) is 3.59. The van der Waals surface area contributed by atoms with Gasteiger partial charge in [0.15, 0.2) is 0 Å². The van der Waals surface area contributed by atoms with Crippen LogP contribution in [0.2, 0.25) is 0 Å². The van der Waals surface area contributed by atoms with Crippen molar-refractivity contribution in [1.82, 2.24) is 14.5 Å². The summed E-state index contributed by atoms with van der Waals surface area (Å²) in [6.45, 7) is -0.182. The molecular formula is C25H20N4O4S. The van der Waals surface area contributed by atoms with Crippen molar-refractivity contribution in [3.63, 3.8) is 0 Å². The summed E-state index contributed by atoms with van der Waals surface area (Å²) in [5.41, 5.74) is 2.63. The second kappa shape index (κ2) is 8.95. The van der Waals surface area contributed by atoms with E-state index in [4.69, 9.17) is 14.5 Å². The lowest BCUT2D eigenvalue weighted by Crippen LogP contribution is -2.27. The molecule has 2 aromatic carbocycles. The van der Waals surface area contributed by atoms with Crippen LogP contribution in [0.5, 0.6) is 11.5 Å². The van der Waals surface area contributed by atoms with Crippen LogP contribution in [0.1, 0.15) is 0 Å². The Morgan fingerprint density at radius 2 is 1.76 bits per heavy atom. The number of nitrogens with zero attached hydrogens (tertiary/aromatic N) is 3. The van der Waals surface area contributed by atoms with Gasteiger partial charge in [-0.1, -0.05) is 30.3 Å². The average Bonchev–Trinajstić information content (AvgIpc) is 3.24. The lowest BCUT2D eigenvalue weighted by Gasteiger charge is -2.10. The zero-order valence-electron chi connectivity index (χ0n) is 18.4. The number of pyridine rings is 1. The number of methoxy groups -OCH3 is 2. The zero-order chi connectivity index (χ0) is 23.7. The van der Waals surface area contributed by atoms with Gasteiger partial charge in [-0.2, -0.15) is 0 Å². The maximum atomic E-state index is 13.1. The van der Waals surface area contributed by atoms with Gasteiger partial charge in [0, 0.05) is 34.8 Å². The van der Waals surface area contributed by atoms with E-state index in [-0.39, 0.29) is 18.0 Å². The number of carbonyl (C=O) groups excluding carboxylic acids is 1. The SMILES string of the molecule is COc1cc(NC(=O)Cn2cnc3c(sc4nc(-c5ccccc5)ccc43)c2=O)cc(OC)c1. The number of hydrogen-bond donors (Lipinski definition) is 1. The molecule has 0 aliphatic carbocycles. The number of amides is 1. The van der Waals surface area contributed by atoms with Crippen molar-refractivity contribution in [2.45, 2.75) is 6.54 Å². The predicted octanol–water partition coefficient (Wildman–Crippen LogP) is 4.33. The molecule has 0 radical (unpaired) electrons. The highest BCUT2D eigenvalue weighted by Gasteiger charge is 2.15. The van der Waals surface area contributed by atoms with E-state index >= 15 is 0 Å². The van der Waals surface area contributed by atoms with Gasteiger partial charge in [-0.25, -0.2) is 9.97 Å². The summed E-state index contributed by atoms with van der Waals surface area (Å²) in [5.74, 6) is 0.717. The molecule has 1 amide bonds. The van der Waals surface area contributed by atoms with E-state index in [0.29, 0.717) is 27.4 Å². The normalized spacial score (nSPS) is 11.0. The van der Waals surface area contributed by atoms with Crippen molar-refractivity contribution in [3.8, 4) is 22.8 Å². The number of rotatable bonds is 6. The van der Waals surface area contributed by atoms with Gasteiger partial charge >= 0.3 is 0 Å². The molecule has 0 atom stereocenters. The van der Waals surface area contributed by atoms with Crippen molar-refractivity contribution in [3.05, 3.63) is 77.3 Å². The lowest BCUT2D eigenvalue weighted by molar-refractivity contribution is -0.116. The Morgan fingerprint density at radius 3 is 2.47 bits per heavy atom. The number of thiophene rings is 1. The molecule has 0 fully saturated rings. The van der Waals surface area contributed by atoms with Crippen LogP contribution in [0.3, 0.4) is 0 Å². The highest BCUT2D eigenvalue weighted by Crippen LogP contribution is 2.31. The third-order valence-electron chi connectivity index (χ3n) is 5.33. The molecule has 34 heavy (non-hydrogen) atoms. The summed E-state index contributed by atoms with van der Waals surface area (Å²) in [4.78, 5) is 35.7. The summed E-state index contributed by atoms with van der Waals surface area (Å²) in [7, 11) is 3.06. The molecule has 0 saturated carbocycles. The third-order valence-corrected chi connectivity index (χ3v) is 6.41. The number of anilines is 1. The third kappa shape index (κ3) is 4.08. The number of hydrogen-bond acceptors (Lipinski definition) is 7. The fraction of sp³-hybridized carbons (Fsp3) is 0.120. The number of nitrogens with one attached hydrogen (secondary N) is 1. The fourth-order valence-electron chi connectivity index (χ4n) is 3.67. The largest absolute Gasteiger partial charge is 0.497 e. The Kier molecular flexibility index (Phi) is 5.69. The predicted molar refractivity (Wildman–Crippen MR) is 133 cm³/mol. The molecule has 8 nitrogen and oxygen atoms in total. The van der Waals surface area contributed by atoms with Gasteiger partial charge in [-0.3, -0.25) is 14.2 Å². The monoisotopic (exact) mass is 472 g/mol. The number of benzene rings is 2. The Morgan fingerprint density at radius 1 is 1.03 bits per heavy atom. The van der Waals surface area contributed by atoms with Crippen LogP contribution in [0.4, 0.5) is 5.69 Å². The van der Waals surface area contributed by atoms with Crippen LogP contribution in [0.25, 0.3) is 31.7 Å². The molecule has 5 rings (SSSR count). The molecule has 3 heterocycles. The van der Waals surface area contributed by atoms with Gasteiger partial charge in [0.2, 0.25) is 5.91 Å². The van der Waals surface area contributed by atoms with E-state index < -0.39 is 0 Å². The molecule has 9 heteroatoms. The van der Waals surface area contributed by atoms with Gasteiger partial charge in [0.1, 0.15) is 27.6 Å². The quantitative estimate of drug-likeness (QED) is 0.395. The lowest BCUT2D eigenvalue weighted by atomic mass is 10.1. The summed E-state index contributed by atoms with van der Waals surface area (Å²) in [6.07, 6.45) is 1.40.